The van der Waals surface area contributed by atoms with Gasteiger partial charge in [-0.2, -0.15) is 0 Å². The number of ether oxygens (including phenoxy) is 3. The standard InChI is InChI=1S/C20H20O3/c1-2-4-15-13(3-1)5-7-17-16(15)9-10-21-20(17)14-6-8-18-19(11-14)23-12-22-18/h1-4,6,8,11,16-17,20H,5,7,9-10,12H2/t16-,17+,20+/m0/s1. The zero-order chi connectivity index (χ0) is 15.2. The second-order valence-electron chi connectivity index (χ2n) is 6.70. The number of aryl methyl sites for hydroxylation is 1. The lowest BCUT2D eigenvalue weighted by Crippen LogP contribution is -2.33. The van der Waals surface area contributed by atoms with Gasteiger partial charge in [0.1, 0.15) is 0 Å². The Bertz CT molecular complexity index is 739. The molecule has 3 heteroatoms. The second-order valence-corrected chi connectivity index (χ2v) is 6.70. The Kier molecular flexibility index (Phi) is 3.08. The highest BCUT2D eigenvalue weighted by molar-refractivity contribution is 5.45. The molecule has 0 spiro atoms. The fraction of sp³-hybridized carbons (Fsp3) is 0.400. The summed E-state index contributed by atoms with van der Waals surface area (Å²) in [6, 6.07) is 15.2. The highest BCUT2D eigenvalue weighted by Gasteiger charge is 2.39. The van der Waals surface area contributed by atoms with Gasteiger partial charge < -0.3 is 14.2 Å². The fourth-order valence-electron chi connectivity index (χ4n) is 4.49. The lowest BCUT2D eigenvalue weighted by molar-refractivity contribution is -0.0460. The van der Waals surface area contributed by atoms with Crippen molar-refractivity contribution >= 4 is 0 Å². The molecule has 0 N–H and O–H groups in total. The topological polar surface area (TPSA) is 27.7 Å². The Morgan fingerprint density at radius 2 is 1.83 bits per heavy atom. The van der Waals surface area contributed by atoms with Crippen LogP contribution in [0.25, 0.3) is 0 Å². The summed E-state index contributed by atoms with van der Waals surface area (Å²) in [7, 11) is 0. The molecular formula is C20H20O3. The molecule has 0 radical (unpaired) electrons. The third kappa shape index (κ3) is 2.14. The number of rotatable bonds is 1. The zero-order valence-electron chi connectivity index (χ0n) is 13.0. The fourth-order valence-corrected chi connectivity index (χ4v) is 4.49. The van der Waals surface area contributed by atoms with Crippen molar-refractivity contribution in [3.05, 3.63) is 59.2 Å². The summed E-state index contributed by atoms with van der Waals surface area (Å²) in [6.07, 6.45) is 3.64. The van der Waals surface area contributed by atoms with Crippen LogP contribution in [0.5, 0.6) is 11.5 Å². The Hall–Kier alpha value is -2.00. The molecule has 3 nitrogen and oxygen atoms in total. The molecule has 2 aromatic rings. The van der Waals surface area contributed by atoms with E-state index in [0.717, 1.165) is 30.9 Å². The van der Waals surface area contributed by atoms with Crippen molar-refractivity contribution in [2.24, 2.45) is 5.92 Å². The Morgan fingerprint density at radius 3 is 2.83 bits per heavy atom. The summed E-state index contributed by atoms with van der Waals surface area (Å²) in [6.45, 7) is 1.15. The van der Waals surface area contributed by atoms with E-state index in [0.29, 0.717) is 18.6 Å². The Morgan fingerprint density at radius 1 is 0.913 bits per heavy atom. The maximum absolute atomic E-state index is 6.21. The van der Waals surface area contributed by atoms with E-state index in [1.165, 1.54) is 23.1 Å². The predicted molar refractivity (Wildman–Crippen MR) is 86.9 cm³/mol. The molecule has 23 heavy (non-hydrogen) atoms. The molecule has 2 heterocycles. The average Bonchev–Trinajstić information content (AvgIpc) is 3.08. The minimum Gasteiger partial charge on any atom is -0.454 e. The van der Waals surface area contributed by atoms with Gasteiger partial charge in [0.25, 0.3) is 0 Å². The lowest BCUT2D eigenvalue weighted by Gasteiger charge is -2.42. The highest BCUT2D eigenvalue weighted by atomic mass is 16.7. The van der Waals surface area contributed by atoms with Crippen LogP contribution in [-0.4, -0.2) is 13.4 Å². The van der Waals surface area contributed by atoms with E-state index < -0.39 is 0 Å². The van der Waals surface area contributed by atoms with Gasteiger partial charge in [-0.15, -0.1) is 0 Å². The molecular weight excluding hydrogens is 288 g/mol. The SMILES string of the molecule is c1ccc2c(c1)CC[C@H]1[C@@H](c3ccc4c(c3)OCO4)OCC[C@@H]21. The summed E-state index contributed by atoms with van der Waals surface area (Å²) in [5.41, 5.74) is 4.29. The molecule has 3 atom stereocenters. The molecule has 5 rings (SSSR count). The summed E-state index contributed by atoms with van der Waals surface area (Å²) in [4.78, 5) is 0. The monoisotopic (exact) mass is 308 g/mol. The van der Waals surface area contributed by atoms with Crippen LogP contribution in [0.3, 0.4) is 0 Å². The van der Waals surface area contributed by atoms with Crippen molar-refractivity contribution in [1.29, 1.82) is 0 Å². The summed E-state index contributed by atoms with van der Waals surface area (Å²) >= 11 is 0. The van der Waals surface area contributed by atoms with Gasteiger partial charge in [0, 0.05) is 6.61 Å². The van der Waals surface area contributed by atoms with Crippen molar-refractivity contribution in [1.82, 2.24) is 0 Å². The van der Waals surface area contributed by atoms with Gasteiger partial charge in [-0.05, 0) is 59.9 Å². The van der Waals surface area contributed by atoms with Gasteiger partial charge in [-0.3, -0.25) is 0 Å². The van der Waals surface area contributed by atoms with Crippen molar-refractivity contribution in [3.8, 4) is 11.5 Å². The second kappa shape index (κ2) is 5.27. The van der Waals surface area contributed by atoms with Crippen LogP contribution < -0.4 is 9.47 Å². The van der Waals surface area contributed by atoms with E-state index in [-0.39, 0.29) is 6.10 Å². The van der Waals surface area contributed by atoms with E-state index in [9.17, 15) is 0 Å². The minimum absolute atomic E-state index is 0.164. The van der Waals surface area contributed by atoms with Crippen molar-refractivity contribution < 1.29 is 14.2 Å². The van der Waals surface area contributed by atoms with Gasteiger partial charge in [0.15, 0.2) is 11.5 Å². The lowest BCUT2D eigenvalue weighted by atomic mass is 9.69. The average molecular weight is 308 g/mol. The first-order valence-corrected chi connectivity index (χ1v) is 8.49. The van der Waals surface area contributed by atoms with Crippen LogP contribution in [-0.2, 0) is 11.2 Å². The quantitative estimate of drug-likeness (QED) is 0.789. The zero-order valence-corrected chi connectivity index (χ0v) is 13.0. The van der Waals surface area contributed by atoms with Gasteiger partial charge in [0.05, 0.1) is 6.10 Å². The molecule has 1 aliphatic carbocycles. The van der Waals surface area contributed by atoms with Crippen LogP contribution in [0, 0.1) is 5.92 Å². The Labute approximate surface area is 136 Å². The smallest absolute Gasteiger partial charge is 0.231 e. The molecule has 0 amide bonds. The molecule has 0 aromatic heterocycles. The van der Waals surface area contributed by atoms with Crippen LogP contribution in [0.15, 0.2) is 42.5 Å². The molecule has 0 unspecified atom stereocenters. The van der Waals surface area contributed by atoms with Crippen LogP contribution in [0.2, 0.25) is 0 Å². The normalized spacial score (nSPS) is 28.1. The first-order chi connectivity index (χ1) is 11.4. The van der Waals surface area contributed by atoms with Gasteiger partial charge in [-0.1, -0.05) is 30.3 Å². The highest BCUT2D eigenvalue weighted by Crippen LogP contribution is 2.49. The van der Waals surface area contributed by atoms with Crippen LogP contribution in [0.4, 0.5) is 0 Å². The van der Waals surface area contributed by atoms with E-state index >= 15 is 0 Å². The predicted octanol–water partition coefficient (Wildman–Crippen LogP) is 4.22. The van der Waals surface area contributed by atoms with Crippen molar-refractivity contribution in [3.63, 3.8) is 0 Å². The third-order valence-electron chi connectivity index (χ3n) is 5.56. The Balaban J connectivity index is 1.50. The number of fused-ring (bicyclic) bond motifs is 4. The van der Waals surface area contributed by atoms with E-state index in [1.807, 2.05) is 6.07 Å². The van der Waals surface area contributed by atoms with Gasteiger partial charge in [-0.25, -0.2) is 0 Å². The number of benzene rings is 2. The molecule has 2 aliphatic heterocycles. The van der Waals surface area contributed by atoms with Crippen LogP contribution in [0.1, 0.15) is 41.6 Å². The molecule has 2 aromatic carbocycles. The summed E-state index contributed by atoms with van der Waals surface area (Å²) < 4.78 is 17.2. The number of hydrogen-bond acceptors (Lipinski definition) is 3. The molecule has 0 bridgehead atoms. The maximum Gasteiger partial charge on any atom is 0.231 e. The van der Waals surface area contributed by atoms with E-state index in [2.05, 4.69) is 36.4 Å². The largest absolute Gasteiger partial charge is 0.454 e. The van der Waals surface area contributed by atoms with Crippen LogP contribution >= 0.6 is 0 Å². The maximum atomic E-state index is 6.21. The molecule has 3 aliphatic rings. The van der Waals surface area contributed by atoms with E-state index in [4.69, 9.17) is 14.2 Å². The third-order valence-corrected chi connectivity index (χ3v) is 5.56. The first-order valence-electron chi connectivity index (χ1n) is 8.49. The van der Waals surface area contributed by atoms with Crippen molar-refractivity contribution in [2.45, 2.75) is 31.3 Å². The van der Waals surface area contributed by atoms with E-state index in [1.54, 1.807) is 0 Å². The molecule has 118 valence electrons. The molecule has 1 saturated heterocycles. The molecule has 1 fully saturated rings. The van der Waals surface area contributed by atoms with Crippen molar-refractivity contribution in [2.75, 3.05) is 13.4 Å². The van der Waals surface area contributed by atoms with Gasteiger partial charge >= 0.3 is 0 Å². The first kappa shape index (κ1) is 13.4. The molecule has 0 saturated carbocycles. The summed E-state index contributed by atoms with van der Waals surface area (Å²) in [5, 5.41) is 0. The minimum atomic E-state index is 0.164. The number of hydrogen-bond donors (Lipinski definition) is 0. The van der Waals surface area contributed by atoms with Gasteiger partial charge in [0.2, 0.25) is 6.79 Å². The summed E-state index contributed by atoms with van der Waals surface area (Å²) in [5.74, 6) is 2.86.